The quantitative estimate of drug-likeness (QED) is 0.0687. The molecule has 8 rings (SSSR count). The number of allylic oxidation sites excluding steroid dienone is 1. The summed E-state index contributed by atoms with van der Waals surface area (Å²) < 4.78 is 47.8. The third-order valence-corrected chi connectivity index (χ3v) is 20.6. The van der Waals surface area contributed by atoms with Gasteiger partial charge in [-0.25, -0.2) is 0 Å². The molecule has 446 valence electrons. The number of hydrogen-bond acceptors (Lipinski definition) is 23. The van der Waals surface area contributed by atoms with Crippen molar-refractivity contribution in [2.45, 2.75) is 254 Å². The fourth-order valence-electron chi connectivity index (χ4n) is 15.6. The number of ether oxygens (including phenoxy) is 8. The van der Waals surface area contributed by atoms with Gasteiger partial charge in [0.2, 0.25) is 0 Å². The average Bonchev–Trinajstić information content (AvgIpc) is 3.92. The summed E-state index contributed by atoms with van der Waals surface area (Å²) >= 11 is 0. The Bertz CT molecular complexity index is 1990. The first-order valence-corrected chi connectivity index (χ1v) is 27.9. The molecule has 3 saturated carbocycles. The molecule has 8 aliphatic rings. The van der Waals surface area contributed by atoms with E-state index < -0.39 is 178 Å². The van der Waals surface area contributed by atoms with Gasteiger partial charge in [0.15, 0.2) is 25.2 Å². The Labute approximate surface area is 450 Å². The second-order valence-corrected chi connectivity index (χ2v) is 25.8. The van der Waals surface area contributed by atoms with Crippen molar-refractivity contribution in [1.82, 2.24) is 0 Å². The second kappa shape index (κ2) is 23.5. The zero-order chi connectivity index (χ0) is 56.6. The Balaban J connectivity index is 0.934. The number of rotatable bonds is 17. The van der Waals surface area contributed by atoms with Crippen LogP contribution in [0.4, 0.5) is 0 Å². The van der Waals surface area contributed by atoms with Crippen LogP contribution in [0, 0.1) is 45.3 Å². The minimum absolute atomic E-state index is 0.0163. The molecule has 4 aliphatic carbocycles. The van der Waals surface area contributed by atoms with Crippen molar-refractivity contribution in [3.63, 3.8) is 0 Å². The molecule has 15 N–H and O–H groups in total. The molecule has 77 heavy (non-hydrogen) atoms. The highest BCUT2D eigenvalue weighted by Crippen LogP contribution is 2.75. The van der Waals surface area contributed by atoms with Crippen LogP contribution in [-0.4, -0.2) is 244 Å². The first kappa shape index (κ1) is 61.9. The predicted molar refractivity (Wildman–Crippen MR) is 266 cm³/mol. The average molecular weight is 1110 g/mol. The third-order valence-electron chi connectivity index (χ3n) is 20.6. The van der Waals surface area contributed by atoms with E-state index in [1.165, 1.54) is 0 Å². The molecule has 29 atom stereocenters. The molecule has 0 aromatic heterocycles. The van der Waals surface area contributed by atoms with Gasteiger partial charge in [-0.05, 0) is 99.7 Å². The number of aliphatic hydroxyl groups excluding tert-OH is 14. The summed E-state index contributed by atoms with van der Waals surface area (Å²) in [6.07, 6.45) is -23.0. The molecule has 4 aliphatic heterocycles. The fourth-order valence-corrected chi connectivity index (χ4v) is 15.6. The van der Waals surface area contributed by atoms with Gasteiger partial charge in [0.1, 0.15) is 79.4 Å². The molecule has 4 saturated heterocycles. The van der Waals surface area contributed by atoms with Crippen molar-refractivity contribution in [3.05, 3.63) is 11.6 Å². The Kier molecular flexibility index (Phi) is 18.9. The second-order valence-electron chi connectivity index (χ2n) is 25.8. The van der Waals surface area contributed by atoms with E-state index in [-0.39, 0.29) is 40.9 Å². The Morgan fingerprint density at radius 2 is 1.19 bits per heavy atom. The van der Waals surface area contributed by atoms with Gasteiger partial charge in [-0.1, -0.05) is 53.2 Å². The molecular formula is C54H92O23. The molecule has 3 unspecified atom stereocenters. The van der Waals surface area contributed by atoms with Gasteiger partial charge >= 0.3 is 0 Å². The van der Waals surface area contributed by atoms with Gasteiger partial charge in [-0.15, -0.1) is 0 Å². The standard InChI is InChI=1S/C54H92O23/c1-23(9-13-35(51(4,5)69)76-49-45(28(58)17-24(19-55)71-49)77-48-44(68)40(64)37(61)30(21-57)73-48)25-15-16-52(6)32-12-10-26-27(54(32,8)33(59)18-53(25,52)7)11-14-34(50(26,2)3)75-47-43(67)41(65)38(62)31(74-47)22-70-46-42(66)39(63)36(60)29(20-56)72-46/h10,23-25,27-49,55-69H,9,11-22H2,1-8H3/t23-,24+,25?,27?,28+,29-,30-,31-,32?,33-,34+,35-,36-,37-,38-,39+,40+,41+,42-,43-,44-,45-,46-,47+,48+,49+,52+,53-,54+/m1/s1. The third kappa shape index (κ3) is 11.1. The fraction of sp³-hybridized carbons (Fsp3) is 0.963. The van der Waals surface area contributed by atoms with Gasteiger partial charge in [0.05, 0.1) is 62.5 Å². The topological polar surface area (TPSA) is 377 Å². The SMILES string of the molecule is C[C@H](CC[C@@H](O[C@@H]1O[C@H](CO)C[C@H](O)[C@H]1O[C@@H]1O[C@H](CO)[C@@H](O)[C@H](O)[C@H]1O)C(C)(C)O)C1CC[C@@]2(C)C3CC=C4C(CC[C@H](O[C@@H]5O[C@H](CO[C@@H]6O[C@H](CO)[C@@H](O)[C@H](O)[C@H]6O)[C@@H](O)[C@H](O)[C@H]5O)C4(C)C)[C@]3(C)[C@H](O)C[C@]12C. The first-order valence-electron chi connectivity index (χ1n) is 27.9. The van der Waals surface area contributed by atoms with Gasteiger partial charge in [0.25, 0.3) is 0 Å². The monoisotopic (exact) mass is 1110 g/mol. The molecule has 23 nitrogen and oxygen atoms in total. The highest BCUT2D eigenvalue weighted by atomic mass is 16.8. The summed E-state index contributed by atoms with van der Waals surface area (Å²) in [5.41, 5.74) is -1.94. The summed E-state index contributed by atoms with van der Waals surface area (Å²) in [6, 6.07) is 0. The molecular weight excluding hydrogens is 1020 g/mol. The van der Waals surface area contributed by atoms with E-state index in [0.29, 0.717) is 38.5 Å². The lowest BCUT2D eigenvalue weighted by Gasteiger charge is -2.67. The van der Waals surface area contributed by atoms with E-state index in [4.69, 9.17) is 37.9 Å². The van der Waals surface area contributed by atoms with E-state index >= 15 is 0 Å². The van der Waals surface area contributed by atoms with Crippen molar-refractivity contribution in [3.8, 4) is 0 Å². The minimum atomic E-state index is -1.76. The van der Waals surface area contributed by atoms with Crippen LogP contribution in [0.25, 0.3) is 0 Å². The molecule has 0 radical (unpaired) electrons. The van der Waals surface area contributed by atoms with E-state index in [9.17, 15) is 76.6 Å². The zero-order valence-corrected chi connectivity index (χ0v) is 45.8. The summed E-state index contributed by atoms with van der Waals surface area (Å²) in [5, 5.41) is 161. The summed E-state index contributed by atoms with van der Waals surface area (Å²) in [5.74, 6) is 0.358. The van der Waals surface area contributed by atoms with Gasteiger partial charge in [-0.3, -0.25) is 0 Å². The maximum absolute atomic E-state index is 12.7. The van der Waals surface area contributed by atoms with E-state index in [0.717, 1.165) is 18.4 Å². The van der Waals surface area contributed by atoms with E-state index in [1.54, 1.807) is 13.8 Å². The van der Waals surface area contributed by atoms with Crippen molar-refractivity contribution < 1.29 is 114 Å². The minimum Gasteiger partial charge on any atom is -0.394 e. The predicted octanol–water partition coefficient (Wildman–Crippen LogP) is -2.20. The Morgan fingerprint density at radius 1 is 0.636 bits per heavy atom. The molecule has 7 fully saturated rings. The van der Waals surface area contributed by atoms with E-state index in [1.807, 2.05) is 0 Å². The van der Waals surface area contributed by atoms with Crippen LogP contribution in [0.2, 0.25) is 0 Å². The van der Waals surface area contributed by atoms with E-state index in [2.05, 4.69) is 47.6 Å². The zero-order valence-electron chi connectivity index (χ0n) is 45.8. The van der Waals surface area contributed by atoms with Crippen molar-refractivity contribution >= 4 is 0 Å². The Hall–Kier alpha value is -1.18. The normalized spacial score (nSPS) is 51.0. The van der Waals surface area contributed by atoms with Crippen LogP contribution < -0.4 is 0 Å². The smallest absolute Gasteiger partial charge is 0.187 e. The van der Waals surface area contributed by atoms with Crippen molar-refractivity contribution in [2.75, 3.05) is 26.4 Å². The lowest BCUT2D eigenvalue weighted by Crippen LogP contribution is -2.65. The highest BCUT2D eigenvalue weighted by Gasteiger charge is 2.70. The summed E-state index contributed by atoms with van der Waals surface area (Å²) in [7, 11) is 0. The number of aliphatic hydroxyl groups is 15. The van der Waals surface area contributed by atoms with Gasteiger partial charge < -0.3 is 114 Å². The van der Waals surface area contributed by atoms with Crippen LogP contribution in [0.1, 0.15) is 113 Å². The first-order chi connectivity index (χ1) is 36.0. The lowest BCUT2D eigenvalue weighted by atomic mass is 9.38. The van der Waals surface area contributed by atoms with Crippen LogP contribution in [0.5, 0.6) is 0 Å². The largest absolute Gasteiger partial charge is 0.394 e. The van der Waals surface area contributed by atoms with Crippen molar-refractivity contribution in [2.24, 2.45) is 45.3 Å². The van der Waals surface area contributed by atoms with Gasteiger partial charge in [-0.2, -0.15) is 0 Å². The van der Waals surface area contributed by atoms with Gasteiger partial charge in [0, 0.05) is 17.3 Å². The van der Waals surface area contributed by atoms with Crippen molar-refractivity contribution in [1.29, 1.82) is 0 Å². The molecule has 23 heteroatoms. The molecule has 0 amide bonds. The van der Waals surface area contributed by atoms with Crippen LogP contribution in [0.3, 0.4) is 0 Å². The number of hydrogen-bond donors (Lipinski definition) is 15. The highest BCUT2D eigenvalue weighted by molar-refractivity contribution is 5.32. The molecule has 0 spiro atoms. The lowest BCUT2D eigenvalue weighted by molar-refractivity contribution is -0.364. The molecule has 0 bridgehead atoms. The maximum atomic E-state index is 12.7. The Morgan fingerprint density at radius 3 is 1.78 bits per heavy atom. The van der Waals surface area contributed by atoms with Crippen LogP contribution in [-0.2, 0) is 37.9 Å². The maximum Gasteiger partial charge on any atom is 0.187 e. The molecule has 0 aromatic rings. The molecule has 4 heterocycles. The van der Waals surface area contributed by atoms with Crippen LogP contribution >= 0.6 is 0 Å². The summed E-state index contributed by atoms with van der Waals surface area (Å²) in [6.45, 7) is 14.2. The van der Waals surface area contributed by atoms with Crippen LogP contribution in [0.15, 0.2) is 11.6 Å². The summed E-state index contributed by atoms with van der Waals surface area (Å²) in [4.78, 5) is 0. The number of fused-ring (bicyclic) bond motifs is 5. The molecule has 0 aromatic carbocycles.